The predicted octanol–water partition coefficient (Wildman–Crippen LogP) is 4.05. The highest BCUT2D eigenvalue weighted by Crippen LogP contribution is 2.30. The van der Waals surface area contributed by atoms with Crippen molar-refractivity contribution in [3.8, 4) is 10.6 Å². The van der Waals surface area contributed by atoms with Crippen LogP contribution >= 0.6 is 34.7 Å². The fourth-order valence-corrected chi connectivity index (χ4v) is 3.61. The smallest absolute Gasteiger partial charge is 0.125 e. The Labute approximate surface area is 121 Å². The van der Waals surface area contributed by atoms with E-state index in [1.807, 2.05) is 36.0 Å². The topological polar surface area (TPSA) is 38.9 Å². The van der Waals surface area contributed by atoms with Crippen LogP contribution < -0.4 is 5.73 Å². The van der Waals surface area contributed by atoms with Gasteiger partial charge in [0.2, 0.25) is 0 Å². The van der Waals surface area contributed by atoms with Crippen LogP contribution in [0.3, 0.4) is 0 Å². The minimum atomic E-state index is 0.759. The van der Waals surface area contributed by atoms with Gasteiger partial charge < -0.3 is 5.73 Å². The van der Waals surface area contributed by atoms with E-state index in [0.29, 0.717) is 0 Å². The van der Waals surface area contributed by atoms with E-state index in [2.05, 4.69) is 10.4 Å². The number of aromatic nitrogens is 1. The van der Waals surface area contributed by atoms with Crippen molar-refractivity contribution in [1.82, 2.24) is 4.98 Å². The van der Waals surface area contributed by atoms with Crippen molar-refractivity contribution in [3.05, 3.63) is 40.4 Å². The maximum atomic E-state index is 6.16. The lowest BCUT2D eigenvalue weighted by molar-refractivity contribution is 0.942. The largest absolute Gasteiger partial charge is 0.330 e. The Hall–Kier alpha value is -0.550. The SMILES string of the molecule is NCCCSCc1csc(-c2ccccc2Cl)n1. The fraction of sp³-hybridized carbons (Fsp3) is 0.308. The summed E-state index contributed by atoms with van der Waals surface area (Å²) in [5, 5.41) is 3.86. The van der Waals surface area contributed by atoms with Crippen LogP contribution in [0.4, 0.5) is 0 Å². The van der Waals surface area contributed by atoms with E-state index < -0.39 is 0 Å². The number of hydrogen-bond acceptors (Lipinski definition) is 4. The third-order valence-electron chi connectivity index (χ3n) is 2.40. The first kappa shape index (κ1) is 13.9. The molecule has 0 aliphatic carbocycles. The highest BCUT2D eigenvalue weighted by atomic mass is 35.5. The van der Waals surface area contributed by atoms with Crippen molar-refractivity contribution in [2.45, 2.75) is 12.2 Å². The third-order valence-corrected chi connectivity index (χ3v) is 4.73. The molecule has 2 nitrogen and oxygen atoms in total. The van der Waals surface area contributed by atoms with E-state index in [0.717, 1.165) is 45.8 Å². The molecular weight excluding hydrogens is 284 g/mol. The van der Waals surface area contributed by atoms with Gasteiger partial charge in [0.15, 0.2) is 0 Å². The summed E-state index contributed by atoms with van der Waals surface area (Å²) in [4.78, 5) is 4.62. The Morgan fingerprint density at radius 1 is 1.33 bits per heavy atom. The lowest BCUT2D eigenvalue weighted by Gasteiger charge is -1.99. The first-order chi connectivity index (χ1) is 8.81. The van der Waals surface area contributed by atoms with Crippen molar-refractivity contribution in [1.29, 1.82) is 0 Å². The molecule has 0 saturated carbocycles. The summed E-state index contributed by atoms with van der Waals surface area (Å²) in [6.07, 6.45) is 1.06. The van der Waals surface area contributed by atoms with Gasteiger partial charge in [0, 0.05) is 16.7 Å². The Morgan fingerprint density at radius 2 is 2.17 bits per heavy atom. The molecule has 0 fully saturated rings. The normalized spacial score (nSPS) is 10.8. The monoisotopic (exact) mass is 298 g/mol. The van der Waals surface area contributed by atoms with Crippen LogP contribution in [0, 0.1) is 0 Å². The van der Waals surface area contributed by atoms with Gasteiger partial charge in [-0.25, -0.2) is 4.98 Å². The average Bonchev–Trinajstić information content (AvgIpc) is 2.84. The van der Waals surface area contributed by atoms with Crippen molar-refractivity contribution in [2.24, 2.45) is 5.73 Å². The van der Waals surface area contributed by atoms with Crippen LogP contribution in [0.2, 0.25) is 5.02 Å². The molecule has 0 radical (unpaired) electrons. The highest BCUT2D eigenvalue weighted by Gasteiger charge is 2.07. The molecule has 0 unspecified atom stereocenters. The minimum Gasteiger partial charge on any atom is -0.330 e. The summed E-state index contributed by atoms with van der Waals surface area (Å²) < 4.78 is 0. The number of nitrogens with zero attached hydrogens (tertiary/aromatic N) is 1. The molecule has 0 spiro atoms. The molecule has 1 aromatic carbocycles. The number of thiazole rings is 1. The van der Waals surface area contributed by atoms with Gasteiger partial charge >= 0.3 is 0 Å². The molecule has 96 valence electrons. The van der Waals surface area contributed by atoms with Crippen molar-refractivity contribution < 1.29 is 0 Å². The molecule has 0 aliphatic heterocycles. The second-order valence-electron chi connectivity index (χ2n) is 3.82. The Bertz CT molecular complexity index is 499. The molecule has 0 amide bonds. The molecule has 2 rings (SSSR count). The van der Waals surface area contributed by atoms with E-state index in [4.69, 9.17) is 17.3 Å². The van der Waals surface area contributed by atoms with Crippen LogP contribution in [-0.4, -0.2) is 17.3 Å². The number of halogens is 1. The van der Waals surface area contributed by atoms with Gasteiger partial charge in [-0.1, -0.05) is 29.8 Å². The lowest BCUT2D eigenvalue weighted by Crippen LogP contribution is -1.99. The standard InChI is InChI=1S/C13H15ClN2S2/c14-12-5-2-1-4-11(12)13-16-10(9-18-13)8-17-7-3-6-15/h1-2,4-5,9H,3,6-8,15H2. The van der Waals surface area contributed by atoms with Crippen LogP contribution in [0.25, 0.3) is 10.6 Å². The fourth-order valence-electron chi connectivity index (χ4n) is 1.49. The van der Waals surface area contributed by atoms with Crippen molar-refractivity contribution in [2.75, 3.05) is 12.3 Å². The Kier molecular flexibility index (Phi) is 5.50. The molecular formula is C13H15ClN2S2. The molecule has 18 heavy (non-hydrogen) atoms. The summed E-state index contributed by atoms with van der Waals surface area (Å²) in [5.41, 5.74) is 7.60. The zero-order valence-corrected chi connectivity index (χ0v) is 12.3. The van der Waals surface area contributed by atoms with E-state index >= 15 is 0 Å². The van der Waals surface area contributed by atoms with Crippen molar-refractivity contribution in [3.63, 3.8) is 0 Å². The van der Waals surface area contributed by atoms with E-state index in [9.17, 15) is 0 Å². The molecule has 5 heteroatoms. The quantitative estimate of drug-likeness (QED) is 0.818. The Balaban J connectivity index is 2.00. The number of rotatable bonds is 6. The summed E-state index contributed by atoms with van der Waals surface area (Å²) in [5.74, 6) is 2.04. The molecule has 0 bridgehead atoms. The summed E-state index contributed by atoms with van der Waals surface area (Å²) in [6.45, 7) is 0.759. The highest BCUT2D eigenvalue weighted by molar-refractivity contribution is 7.98. The van der Waals surface area contributed by atoms with Gasteiger partial charge in [0.25, 0.3) is 0 Å². The predicted molar refractivity (Wildman–Crippen MR) is 82.4 cm³/mol. The molecule has 0 atom stereocenters. The van der Waals surface area contributed by atoms with E-state index in [-0.39, 0.29) is 0 Å². The van der Waals surface area contributed by atoms with E-state index in [1.165, 1.54) is 0 Å². The minimum absolute atomic E-state index is 0.759. The molecule has 1 aromatic heterocycles. The number of hydrogen-bond donors (Lipinski definition) is 1. The van der Waals surface area contributed by atoms with Crippen LogP contribution in [-0.2, 0) is 5.75 Å². The molecule has 1 heterocycles. The average molecular weight is 299 g/mol. The summed E-state index contributed by atoms with van der Waals surface area (Å²) in [7, 11) is 0. The number of thioether (sulfide) groups is 1. The van der Waals surface area contributed by atoms with Gasteiger partial charge in [-0.3, -0.25) is 0 Å². The number of nitrogens with two attached hydrogens (primary N) is 1. The zero-order valence-electron chi connectivity index (χ0n) is 9.93. The molecule has 2 aromatic rings. The Morgan fingerprint density at radius 3 is 2.94 bits per heavy atom. The summed E-state index contributed by atoms with van der Waals surface area (Å²) >= 11 is 9.68. The maximum absolute atomic E-state index is 6.16. The molecule has 2 N–H and O–H groups in total. The molecule has 0 saturated heterocycles. The summed E-state index contributed by atoms with van der Waals surface area (Å²) in [6, 6.07) is 7.82. The lowest BCUT2D eigenvalue weighted by atomic mass is 10.2. The van der Waals surface area contributed by atoms with Gasteiger partial charge in [-0.2, -0.15) is 11.8 Å². The first-order valence-electron chi connectivity index (χ1n) is 5.78. The van der Waals surface area contributed by atoms with Gasteiger partial charge in [0.05, 0.1) is 10.7 Å². The van der Waals surface area contributed by atoms with Crippen LogP contribution in [0.15, 0.2) is 29.6 Å². The first-order valence-corrected chi connectivity index (χ1v) is 8.19. The third kappa shape index (κ3) is 3.72. The van der Waals surface area contributed by atoms with Gasteiger partial charge in [-0.05, 0) is 24.8 Å². The van der Waals surface area contributed by atoms with Crippen LogP contribution in [0.1, 0.15) is 12.1 Å². The molecule has 0 aliphatic rings. The van der Waals surface area contributed by atoms with Crippen LogP contribution in [0.5, 0.6) is 0 Å². The second-order valence-corrected chi connectivity index (χ2v) is 6.19. The number of benzene rings is 1. The van der Waals surface area contributed by atoms with E-state index in [1.54, 1.807) is 11.3 Å². The maximum Gasteiger partial charge on any atom is 0.125 e. The second kappa shape index (κ2) is 7.14. The zero-order chi connectivity index (χ0) is 12.8. The van der Waals surface area contributed by atoms with Gasteiger partial charge in [0.1, 0.15) is 5.01 Å². The van der Waals surface area contributed by atoms with Gasteiger partial charge in [-0.15, -0.1) is 11.3 Å². The van der Waals surface area contributed by atoms with Crippen molar-refractivity contribution >= 4 is 34.7 Å².